The lowest BCUT2D eigenvalue weighted by molar-refractivity contribution is 0.0316. The number of hydrogen-bond acceptors (Lipinski definition) is 10. The standard InChI is InChI=1S/C35H36ClF3N10OS/c36-23-12-22-28(27(39)26(23)21-4-5-24(38)30-29(21)45-32(40)51-30)43-25(6-9-35-8-3-11-48(35)14-20(37)13-35)44-31(22)46-10-2-1-7-34(15-46)16-47(17-34)33(50)49-19-41-18-42-49/h4-5,12,18-20H,1-3,6-11,13-17H2,(H2,40,45)/t20-,35-/m1/s1. The van der Waals surface area contributed by atoms with Crippen LogP contribution in [0.15, 0.2) is 30.9 Å². The van der Waals surface area contributed by atoms with Crippen molar-refractivity contribution in [2.45, 2.75) is 63.1 Å². The number of amides is 1. The fraction of sp³-hybridized carbons (Fsp3) is 0.486. The Hall–Kier alpha value is -4.08. The second kappa shape index (κ2) is 12.3. The van der Waals surface area contributed by atoms with E-state index in [9.17, 15) is 13.6 Å². The summed E-state index contributed by atoms with van der Waals surface area (Å²) in [4.78, 5) is 37.4. The van der Waals surface area contributed by atoms with Gasteiger partial charge in [-0.25, -0.2) is 37.9 Å². The van der Waals surface area contributed by atoms with Crippen LogP contribution in [0.5, 0.6) is 0 Å². The van der Waals surface area contributed by atoms with E-state index in [-0.39, 0.29) is 48.4 Å². The van der Waals surface area contributed by atoms with Gasteiger partial charge in [0.2, 0.25) is 0 Å². The molecule has 4 aliphatic heterocycles. The molecule has 2 aromatic carbocycles. The van der Waals surface area contributed by atoms with Crippen LogP contribution in [0.1, 0.15) is 50.8 Å². The highest BCUT2D eigenvalue weighted by Gasteiger charge is 2.49. The SMILES string of the molecule is Nc1nc2c(-c3c(Cl)cc4c(N5CCCCC6(CN(C(=O)n7cncn7)C6)C5)nc(CC[C@@]56CCCN5C[C@H](F)C6)nc4c3F)ccc(F)c2s1. The number of hydrogen-bond donors (Lipinski definition) is 1. The van der Waals surface area contributed by atoms with E-state index in [1.54, 1.807) is 11.0 Å². The van der Waals surface area contributed by atoms with Gasteiger partial charge in [0.1, 0.15) is 41.8 Å². The summed E-state index contributed by atoms with van der Waals surface area (Å²) in [5.41, 5.74) is 6.27. The van der Waals surface area contributed by atoms with Crippen LogP contribution >= 0.6 is 22.9 Å². The Labute approximate surface area is 300 Å². The van der Waals surface area contributed by atoms with Crippen molar-refractivity contribution in [3.8, 4) is 11.1 Å². The summed E-state index contributed by atoms with van der Waals surface area (Å²) in [6.45, 7) is 3.72. The van der Waals surface area contributed by atoms with E-state index in [1.807, 2.05) is 0 Å². The fourth-order valence-electron chi connectivity index (χ4n) is 9.13. The van der Waals surface area contributed by atoms with Gasteiger partial charge in [-0.2, -0.15) is 9.78 Å². The molecule has 0 radical (unpaired) electrons. The Morgan fingerprint density at radius 1 is 1.06 bits per heavy atom. The number of carbonyl (C=O) groups excluding carboxylic acids is 1. The van der Waals surface area contributed by atoms with Crippen molar-refractivity contribution in [3.63, 3.8) is 0 Å². The van der Waals surface area contributed by atoms with Crippen LogP contribution in [0.2, 0.25) is 5.02 Å². The molecule has 51 heavy (non-hydrogen) atoms. The number of halogens is 4. The summed E-state index contributed by atoms with van der Waals surface area (Å²) in [6, 6.07) is 4.22. The zero-order chi connectivity index (χ0) is 35.1. The highest BCUT2D eigenvalue weighted by atomic mass is 35.5. The van der Waals surface area contributed by atoms with Gasteiger partial charge in [-0.1, -0.05) is 29.4 Å². The second-order valence-corrected chi connectivity index (χ2v) is 16.1. The van der Waals surface area contributed by atoms with Gasteiger partial charge < -0.3 is 15.5 Å². The maximum Gasteiger partial charge on any atom is 0.346 e. The van der Waals surface area contributed by atoms with Crippen molar-refractivity contribution in [2.24, 2.45) is 5.41 Å². The van der Waals surface area contributed by atoms with E-state index in [1.165, 1.54) is 29.5 Å². The molecule has 4 fully saturated rings. The molecule has 1 spiro atoms. The average Bonchev–Trinajstić information content (AvgIpc) is 3.86. The van der Waals surface area contributed by atoms with E-state index in [2.05, 4.69) is 24.9 Å². The number of carbonyl (C=O) groups is 1. The van der Waals surface area contributed by atoms with Crippen LogP contribution in [-0.4, -0.2) is 96.5 Å². The monoisotopic (exact) mass is 736 g/mol. The van der Waals surface area contributed by atoms with Crippen molar-refractivity contribution in [1.82, 2.24) is 39.5 Å². The number of fused-ring (bicyclic) bond motifs is 3. The van der Waals surface area contributed by atoms with Crippen molar-refractivity contribution in [1.29, 1.82) is 0 Å². The first-order valence-corrected chi connectivity index (χ1v) is 18.6. The second-order valence-electron chi connectivity index (χ2n) is 14.7. The van der Waals surface area contributed by atoms with Gasteiger partial charge in [-0.15, -0.1) is 0 Å². The zero-order valence-corrected chi connectivity index (χ0v) is 29.4. The first-order valence-electron chi connectivity index (χ1n) is 17.4. The third kappa shape index (κ3) is 5.50. The van der Waals surface area contributed by atoms with Gasteiger partial charge in [-0.3, -0.25) is 4.90 Å². The minimum Gasteiger partial charge on any atom is -0.375 e. The number of anilines is 2. The number of aryl methyl sites for hydroxylation is 1. The largest absolute Gasteiger partial charge is 0.375 e. The van der Waals surface area contributed by atoms with Crippen LogP contribution in [-0.2, 0) is 6.42 Å². The minimum absolute atomic E-state index is 0.0697. The molecular weight excluding hydrogens is 701 g/mol. The molecule has 0 saturated carbocycles. The van der Waals surface area contributed by atoms with Gasteiger partial charge in [-0.05, 0) is 63.3 Å². The average molecular weight is 737 g/mol. The zero-order valence-electron chi connectivity index (χ0n) is 27.8. The van der Waals surface area contributed by atoms with Gasteiger partial charge in [0.15, 0.2) is 10.9 Å². The molecule has 0 bridgehead atoms. The number of likely N-dealkylation sites (tertiary alicyclic amines) is 1. The van der Waals surface area contributed by atoms with Crippen molar-refractivity contribution in [3.05, 3.63) is 53.3 Å². The summed E-state index contributed by atoms with van der Waals surface area (Å²) >= 11 is 7.92. The number of nitrogens with two attached hydrogens (primary N) is 1. The van der Waals surface area contributed by atoms with Crippen LogP contribution in [0, 0.1) is 17.0 Å². The first-order chi connectivity index (χ1) is 24.6. The number of rotatable bonds is 5. The number of thiazole rings is 1. The van der Waals surface area contributed by atoms with E-state index >= 15 is 4.39 Å². The van der Waals surface area contributed by atoms with Crippen LogP contribution < -0.4 is 10.6 Å². The lowest BCUT2D eigenvalue weighted by Crippen LogP contribution is -2.62. The quantitative estimate of drug-likeness (QED) is 0.216. The van der Waals surface area contributed by atoms with Crippen molar-refractivity contribution >= 4 is 61.0 Å². The number of aromatic nitrogens is 6. The van der Waals surface area contributed by atoms with E-state index in [0.717, 1.165) is 50.0 Å². The maximum absolute atomic E-state index is 17.1. The molecule has 4 saturated heterocycles. The molecule has 16 heteroatoms. The molecule has 11 nitrogen and oxygen atoms in total. The van der Waals surface area contributed by atoms with Gasteiger partial charge in [0, 0.05) is 66.6 Å². The Morgan fingerprint density at radius 2 is 1.92 bits per heavy atom. The first kappa shape index (κ1) is 32.8. The molecule has 9 rings (SSSR count). The molecule has 7 heterocycles. The predicted molar refractivity (Wildman–Crippen MR) is 190 cm³/mol. The topological polar surface area (TPSA) is 122 Å². The van der Waals surface area contributed by atoms with E-state index in [0.29, 0.717) is 74.6 Å². The number of nitrogens with zero attached hydrogens (tertiary/aromatic N) is 9. The highest BCUT2D eigenvalue weighted by Crippen LogP contribution is 2.46. The van der Waals surface area contributed by atoms with Crippen LogP contribution in [0.3, 0.4) is 0 Å². The Balaban J connectivity index is 1.13. The summed E-state index contributed by atoms with van der Waals surface area (Å²) in [5, 5.41) is 4.76. The molecule has 1 amide bonds. The summed E-state index contributed by atoms with van der Waals surface area (Å²) < 4.78 is 48.0. The highest BCUT2D eigenvalue weighted by molar-refractivity contribution is 7.22. The van der Waals surface area contributed by atoms with Crippen molar-refractivity contribution in [2.75, 3.05) is 49.9 Å². The molecule has 4 aliphatic rings. The molecule has 3 aromatic heterocycles. The van der Waals surface area contributed by atoms with Crippen LogP contribution in [0.25, 0.3) is 32.2 Å². The van der Waals surface area contributed by atoms with Gasteiger partial charge in [0.05, 0.1) is 15.2 Å². The molecule has 0 unspecified atom stereocenters. The third-order valence-electron chi connectivity index (χ3n) is 11.4. The summed E-state index contributed by atoms with van der Waals surface area (Å²) in [7, 11) is 0. The van der Waals surface area contributed by atoms with E-state index < -0.39 is 17.8 Å². The Bertz CT molecular complexity index is 2180. The fourth-order valence-corrected chi connectivity index (χ4v) is 10.2. The lowest BCUT2D eigenvalue weighted by Gasteiger charge is -2.51. The van der Waals surface area contributed by atoms with Gasteiger partial charge in [0.25, 0.3) is 0 Å². The summed E-state index contributed by atoms with van der Waals surface area (Å²) in [5.74, 6) is -0.0831. The number of alkyl halides is 1. The normalized spacial score (nSPS) is 23.3. The molecular formula is C35H36ClF3N10OS. The number of nitrogen functional groups attached to an aromatic ring is 1. The smallest absolute Gasteiger partial charge is 0.346 e. The lowest BCUT2D eigenvalue weighted by atomic mass is 9.76. The summed E-state index contributed by atoms with van der Waals surface area (Å²) in [6.07, 6.45) is 8.21. The van der Waals surface area contributed by atoms with Crippen molar-refractivity contribution < 1.29 is 18.0 Å². The van der Waals surface area contributed by atoms with Gasteiger partial charge >= 0.3 is 6.03 Å². The molecule has 2 atom stereocenters. The molecule has 0 aliphatic carbocycles. The van der Waals surface area contributed by atoms with Crippen LogP contribution in [0.4, 0.5) is 28.9 Å². The Morgan fingerprint density at radius 3 is 2.75 bits per heavy atom. The molecule has 5 aromatic rings. The van der Waals surface area contributed by atoms with E-state index in [4.69, 9.17) is 27.3 Å². The minimum atomic E-state index is -0.861. The Kier molecular flexibility index (Phi) is 7.89. The maximum atomic E-state index is 17.1. The third-order valence-corrected chi connectivity index (χ3v) is 12.6. The molecule has 266 valence electrons. The number of benzene rings is 2. The predicted octanol–water partition coefficient (Wildman–Crippen LogP) is 6.48. The molecule has 2 N–H and O–H groups in total.